The summed E-state index contributed by atoms with van der Waals surface area (Å²) in [5.74, 6) is 0.635. The molecule has 6 heteroatoms. The van der Waals surface area contributed by atoms with Crippen LogP contribution in [0.25, 0.3) is 0 Å². The number of hydrogen-bond donors (Lipinski definition) is 0. The Bertz CT molecular complexity index is 1160. The van der Waals surface area contributed by atoms with Crippen LogP contribution >= 0.6 is 0 Å². The molecule has 4 nitrogen and oxygen atoms in total. The molecule has 37 heavy (non-hydrogen) atoms. The maximum absolute atomic E-state index is 12.5. The number of rotatable bonds is 12. The Kier molecular flexibility index (Phi) is 9.92. The largest absolute Gasteiger partial charge is 0.407 e. The van der Waals surface area contributed by atoms with Crippen molar-refractivity contribution in [2.75, 3.05) is 13.2 Å². The van der Waals surface area contributed by atoms with Crippen LogP contribution in [0.1, 0.15) is 53.0 Å². The highest BCUT2D eigenvalue weighted by molar-refractivity contribution is 7.86. The first kappa shape index (κ1) is 29.3. The molecule has 0 aliphatic carbocycles. The van der Waals surface area contributed by atoms with E-state index < -0.39 is 18.4 Å². The van der Waals surface area contributed by atoms with Gasteiger partial charge in [-0.2, -0.15) is 8.42 Å². The summed E-state index contributed by atoms with van der Waals surface area (Å²) in [4.78, 5) is 0.206. The molecule has 3 aromatic carbocycles. The van der Waals surface area contributed by atoms with Gasteiger partial charge in [0.05, 0.1) is 11.5 Å². The molecule has 2 atom stereocenters. The predicted octanol–water partition coefficient (Wildman–Crippen LogP) is 6.33. The van der Waals surface area contributed by atoms with Crippen molar-refractivity contribution in [3.8, 4) is 0 Å². The third-order valence-corrected chi connectivity index (χ3v) is 13.3. The molecule has 0 saturated heterocycles. The van der Waals surface area contributed by atoms with E-state index in [0.29, 0.717) is 24.9 Å². The fraction of sp³-hybridized carbons (Fsp3) is 0.419. The summed E-state index contributed by atoms with van der Waals surface area (Å²) < 4.78 is 37.4. The third-order valence-electron chi connectivity index (χ3n) is 6.96. The van der Waals surface area contributed by atoms with Crippen molar-refractivity contribution in [3.05, 3.63) is 90.5 Å². The molecule has 200 valence electrons. The molecular weight excluding hydrogens is 496 g/mol. The Labute approximate surface area is 225 Å². The van der Waals surface area contributed by atoms with Crippen LogP contribution < -0.4 is 10.4 Å². The second-order valence-corrected chi connectivity index (χ2v) is 17.2. The molecule has 0 heterocycles. The van der Waals surface area contributed by atoms with Gasteiger partial charge in [0, 0.05) is 6.61 Å². The van der Waals surface area contributed by atoms with Gasteiger partial charge in [0.1, 0.15) is 0 Å². The Balaban J connectivity index is 1.64. The van der Waals surface area contributed by atoms with E-state index in [9.17, 15) is 8.42 Å². The van der Waals surface area contributed by atoms with Crippen molar-refractivity contribution >= 4 is 28.8 Å². The van der Waals surface area contributed by atoms with E-state index in [0.717, 1.165) is 12.0 Å². The van der Waals surface area contributed by atoms with Crippen LogP contribution in [0.5, 0.6) is 0 Å². The Morgan fingerprint density at radius 3 is 1.78 bits per heavy atom. The van der Waals surface area contributed by atoms with E-state index in [4.69, 9.17) is 8.61 Å². The van der Waals surface area contributed by atoms with Crippen molar-refractivity contribution in [3.63, 3.8) is 0 Å². The minimum Gasteiger partial charge on any atom is -0.407 e. The predicted molar refractivity (Wildman–Crippen MR) is 155 cm³/mol. The summed E-state index contributed by atoms with van der Waals surface area (Å²) in [5.41, 5.74) is 1.02. The van der Waals surface area contributed by atoms with Crippen LogP contribution in [0, 0.1) is 18.8 Å². The van der Waals surface area contributed by atoms with Crippen LogP contribution in [-0.4, -0.2) is 29.9 Å². The van der Waals surface area contributed by atoms with E-state index in [1.807, 2.05) is 6.92 Å². The zero-order valence-electron chi connectivity index (χ0n) is 23.1. The summed E-state index contributed by atoms with van der Waals surface area (Å²) in [6.07, 6.45) is 1.61. The Morgan fingerprint density at radius 1 is 0.784 bits per heavy atom. The molecule has 0 fully saturated rings. The molecule has 0 aromatic heterocycles. The fourth-order valence-corrected chi connectivity index (χ4v) is 10.6. The zero-order chi connectivity index (χ0) is 27.1. The highest BCUT2D eigenvalue weighted by atomic mass is 32.2. The molecule has 0 N–H and O–H groups in total. The fourth-order valence-electron chi connectivity index (χ4n) is 5.03. The molecule has 0 amide bonds. The summed E-state index contributed by atoms with van der Waals surface area (Å²) >= 11 is 0. The SMILES string of the molecule is Cc1ccc(S(=O)(=O)OCC[C@H](C)C[C@H](C)CO[Si](c2ccccc2)(c2ccccc2)C(C)(C)C)cc1. The van der Waals surface area contributed by atoms with Gasteiger partial charge in [-0.15, -0.1) is 0 Å². The van der Waals surface area contributed by atoms with Crippen molar-refractivity contribution in [1.82, 2.24) is 0 Å². The molecule has 0 aliphatic heterocycles. The van der Waals surface area contributed by atoms with Gasteiger partial charge in [-0.3, -0.25) is 4.18 Å². The van der Waals surface area contributed by atoms with Gasteiger partial charge in [0.2, 0.25) is 0 Å². The van der Waals surface area contributed by atoms with Crippen LogP contribution in [0.2, 0.25) is 5.04 Å². The van der Waals surface area contributed by atoms with E-state index in [1.165, 1.54) is 10.4 Å². The average Bonchev–Trinajstić information content (AvgIpc) is 2.85. The lowest BCUT2D eigenvalue weighted by Crippen LogP contribution is -2.66. The molecule has 0 unspecified atom stereocenters. The van der Waals surface area contributed by atoms with E-state index >= 15 is 0 Å². The average molecular weight is 539 g/mol. The summed E-state index contributed by atoms with van der Waals surface area (Å²) in [7, 11) is -6.29. The zero-order valence-corrected chi connectivity index (χ0v) is 24.9. The van der Waals surface area contributed by atoms with Gasteiger partial charge in [-0.1, -0.05) is 113 Å². The van der Waals surface area contributed by atoms with Gasteiger partial charge in [0.15, 0.2) is 0 Å². The molecule has 0 bridgehead atoms. The lowest BCUT2D eigenvalue weighted by atomic mass is 9.96. The lowest BCUT2D eigenvalue weighted by Gasteiger charge is -2.43. The van der Waals surface area contributed by atoms with E-state index in [1.54, 1.807) is 24.3 Å². The highest BCUT2D eigenvalue weighted by Gasteiger charge is 2.50. The van der Waals surface area contributed by atoms with Gasteiger partial charge >= 0.3 is 0 Å². The van der Waals surface area contributed by atoms with Crippen molar-refractivity contribution in [1.29, 1.82) is 0 Å². The second-order valence-electron chi connectivity index (χ2n) is 11.3. The lowest BCUT2D eigenvalue weighted by molar-refractivity contribution is 0.210. The topological polar surface area (TPSA) is 52.6 Å². The van der Waals surface area contributed by atoms with Gasteiger partial charge in [0.25, 0.3) is 18.4 Å². The minimum atomic E-state index is -3.73. The molecule has 0 radical (unpaired) electrons. The molecule has 0 aliphatic rings. The summed E-state index contributed by atoms with van der Waals surface area (Å²) in [6, 6.07) is 28.1. The molecular formula is C31H42O4SSi. The quantitative estimate of drug-likeness (QED) is 0.200. The monoisotopic (exact) mass is 538 g/mol. The smallest absolute Gasteiger partial charge is 0.296 e. The standard InChI is InChI=1S/C31H42O4SSi/c1-25-17-19-28(20-18-25)36(32,33)34-22-21-26(2)23-27(3)24-35-37(31(4,5)6,29-13-9-7-10-14-29)30-15-11-8-12-16-30/h7-20,26-27H,21-24H2,1-6H3/t26-,27-/m0/s1. The Hall–Kier alpha value is -2.25. The van der Waals surface area contributed by atoms with Crippen LogP contribution in [0.3, 0.4) is 0 Å². The molecule has 0 saturated carbocycles. The summed E-state index contributed by atoms with van der Waals surface area (Å²) in [6.45, 7) is 14.0. The first-order valence-corrected chi connectivity index (χ1v) is 16.5. The third kappa shape index (κ3) is 7.41. The number of benzene rings is 3. The molecule has 3 aromatic rings. The summed E-state index contributed by atoms with van der Waals surface area (Å²) in [5, 5.41) is 2.51. The van der Waals surface area contributed by atoms with Gasteiger partial charge in [-0.05, 0) is 59.1 Å². The van der Waals surface area contributed by atoms with Crippen LogP contribution in [-0.2, 0) is 18.7 Å². The first-order valence-electron chi connectivity index (χ1n) is 13.2. The van der Waals surface area contributed by atoms with Gasteiger partial charge < -0.3 is 4.43 Å². The number of aryl methyl sites for hydroxylation is 1. The first-order chi connectivity index (χ1) is 17.5. The van der Waals surface area contributed by atoms with Gasteiger partial charge in [-0.25, -0.2) is 0 Å². The molecule has 3 rings (SSSR count). The highest BCUT2D eigenvalue weighted by Crippen LogP contribution is 2.37. The Morgan fingerprint density at radius 2 is 1.30 bits per heavy atom. The second kappa shape index (κ2) is 12.5. The van der Waals surface area contributed by atoms with E-state index in [2.05, 4.69) is 95.3 Å². The van der Waals surface area contributed by atoms with Crippen molar-refractivity contribution in [2.45, 2.75) is 64.3 Å². The van der Waals surface area contributed by atoms with Crippen LogP contribution in [0.4, 0.5) is 0 Å². The maximum atomic E-state index is 12.5. The molecule has 0 spiro atoms. The maximum Gasteiger partial charge on any atom is 0.296 e. The number of hydrogen-bond acceptors (Lipinski definition) is 4. The van der Waals surface area contributed by atoms with Crippen LogP contribution in [0.15, 0.2) is 89.8 Å². The normalized spacial score (nSPS) is 14.3. The van der Waals surface area contributed by atoms with Crippen molar-refractivity contribution < 1.29 is 17.0 Å². The van der Waals surface area contributed by atoms with Crippen molar-refractivity contribution in [2.24, 2.45) is 11.8 Å². The minimum absolute atomic E-state index is 0.0563. The van der Waals surface area contributed by atoms with E-state index in [-0.39, 0.29) is 16.5 Å².